The minimum atomic E-state index is -0.638. The number of ether oxygens (including phenoxy) is 7. The van der Waals surface area contributed by atoms with E-state index in [1.807, 2.05) is 56.4 Å². The van der Waals surface area contributed by atoms with Crippen LogP contribution in [0.4, 0.5) is 0 Å². The molecule has 4 unspecified atom stereocenters. The molecule has 4 atom stereocenters. The summed E-state index contributed by atoms with van der Waals surface area (Å²) in [5.74, 6) is -2.27. The van der Waals surface area contributed by atoms with E-state index in [2.05, 4.69) is 13.8 Å². The van der Waals surface area contributed by atoms with Gasteiger partial charge in [-0.1, -0.05) is 136 Å². The standard InChI is InChI=1S/C72H136N4O16/c1-15-17-19-21-23-28-34-44-66(91-71(84)58-75(11,12)51-54-86-62(5)79)64(89-69(82)56-73(7,8)49-40-42-60(3)77)46-36-30-25-26-32-38-48-68(81)88-53-39-33-27-31-37-47-65(90-70(83)57-74(9,10)50-41-43-61(4)78)67(45-35-29-24-22-20-18-16-2)92-72(85)59-76(13,14)52-55-87-63(6)80/h64-67H,15-59H2,1-14H3/q+4. The molecule has 92 heavy (non-hydrogen) atoms. The van der Waals surface area contributed by atoms with E-state index >= 15 is 0 Å². The zero-order valence-corrected chi connectivity index (χ0v) is 61.0. The molecular formula is C72H136N4O16+4. The van der Waals surface area contributed by atoms with Gasteiger partial charge in [-0.05, 0) is 78.1 Å². The number of unbranched alkanes of at least 4 members (excludes halogenated alkanes) is 21. The van der Waals surface area contributed by atoms with E-state index in [1.165, 1.54) is 52.4 Å². The Morgan fingerprint density at radius 2 is 0.533 bits per heavy atom. The molecule has 0 aliphatic carbocycles. The molecule has 0 rings (SSSR count). The van der Waals surface area contributed by atoms with Crippen molar-refractivity contribution in [1.29, 1.82) is 0 Å². The number of nitrogens with zero attached hydrogens (tertiary/aromatic N) is 4. The lowest BCUT2D eigenvalue weighted by Crippen LogP contribution is -2.49. The van der Waals surface area contributed by atoms with Crippen LogP contribution < -0.4 is 0 Å². The van der Waals surface area contributed by atoms with Crippen molar-refractivity contribution < 1.29 is 94.2 Å². The van der Waals surface area contributed by atoms with Crippen LogP contribution in [0.3, 0.4) is 0 Å². The molecule has 0 fully saturated rings. The molecule has 0 spiro atoms. The maximum Gasteiger partial charge on any atom is 0.362 e. The van der Waals surface area contributed by atoms with Crippen LogP contribution in [-0.2, 0) is 76.3 Å². The molecule has 20 nitrogen and oxygen atoms in total. The summed E-state index contributed by atoms with van der Waals surface area (Å²) in [4.78, 5) is 114. The number of carbonyl (C=O) groups is 9. The van der Waals surface area contributed by atoms with E-state index in [9.17, 15) is 43.2 Å². The Bertz CT molecular complexity index is 1920. The predicted octanol–water partition coefficient (Wildman–Crippen LogP) is 12.1. The summed E-state index contributed by atoms with van der Waals surface area (Å²) in [6, 6.07) is 0. The average molecular weight is 1310 g/mol. The SMILES string of the molecule is CCCCCCCCCC(OC(=O)C[N+](C)(C)CCOC(C)=O)C(CCCCCCCCC(=O)OCCCCCCCC(OC(=O)C[N+](C)(C)CCCC(C)=O)C(CCCCCCCCC)OC(=O)C[N+](C)(C)CCOC(C)=O)OC(=O)C[N+](C)(C)CCCC(C)=O. The largest absolute Gasteiger partial charge is 0.466 e. The van der Waals surface area contributed by atoms with Crippen molar-refractivity contribution in [2.45, 2.75) is 284 Å². The first kappa shape index (κ1) is 87.5. The van der Waals surface area contributed by atoms with E-state index in [1.54, 1.807) is 13.8 Å². The fourth-order valence-electron chi connectivity index (χ4n) is 11.4. The fraction of sp³-hybridized carbons (Fsp3) is 0.875. The van der Waals surface area contributed by atoms with Crippen molar-refractivity contribution >= 4 is 53.4 Å². The van der Waals surface area contributed by atoms with Gasteiger partial charge in [-0.15, -0.1) is 0 Å². The Hall–Kier alpha value is -4.53. The van der Waals surface area contributed by atoms with Crippen molar-refractivity contribution in [1.82, 2.24) is 0 Å². The van der Waals surface area contributed by atoms with Crippen molar-refractivity contribution in [3.63, 3.8) is 0 Å². The number of carbonyl (C=O) groups excluding carboxylic acids is 9. The number of quaternary nitrogens is 4. The maximum absolute atomic E-state index is 13.7. The van der Waals surface area contributed by atoms with Crippen LogP contribution in [0.2, 0.25) is 0 Å². The van der Waals surface area contributed by atoms with Gasteiger partial charge >= 0.3 is 41.8 Å². The number of esters is 7. The Morgan fingerprint density at radius 1 is 0.272 bits per heavy atom. The highest BCUT2D eigenvalue weighted by Crippen LogP contribution is 2.25. The smallest absolute Gasteiger partial charge is 0.362 e. The first-order chi connectivity index (χ1) is 43.4. The van der Waals surface area contributed by atoms with Crippen molar-refractivity contribution in [3.8, 4) is 0 Å². The van der Waals surface area contributed by atoms with Crippen LogP contribution >= 0.6 is 0 Å². The van der Waals surface area contributed by atoms with Crippen LogP contribution in [-0.4, -0.2) is 224 Å². The van der Waals surface area contributed by atoms with Gasteiger partial charge in [0.25, 0.3) is 0 Å². The molecule has 0 saturated heterocycles. The van der Waals surface area contributed by atoms with Crippen LogP contribution in [0.25, 0.3) is 0 Å². The van der Waals surface area contributed by atoms with Crippen LogP contribution in [0.1, 0.15) is 260 Å². The van der Waals surface area contributed by atoms with E-state index in [4.69, 9.17) is 33.2 Å². The van der Waals surface area contributed by atoms with E-state index in [-0.39, 0.29) is 89.8 Å². The Morgan fingerprint density at radius 3 is 0.815 bits per heavy atom. The molecule has 0 aliphatic rings. The molecule has 0 amide bonds. The van der Waals surface area contributed by atoms with Gasteiger partial charge in [0.1, 0.15) is 62.3 Å². The van der Waals surface area contributed by atoms with Crippen LogP contribution in [0.15, 0.2) is 0 Å². The fourth-order valence-corrected chi connectivity index (χ4v) is 11.4. The van der Waals surface area contributed by atoms with Gasteiger partial charge in [-0.25, -0.2) is 19.2 Å². The molecule has 0 aromatic heterocycles. The van der Waals surface area contributed by atoms with Gasteiger partial charge in [-0.3, -0.25) is 14.4 Å². The predicted molar refractivity (Wildman–Crippen MR) is 361 cm³/mol. The van der Waals surface area contributed by atoms with Gasteiger partial charge in [0.15, 0.2) is 26.2 Å². The highest BCUT2D eigenvalue weighted by atomic mass is 16.6. The summed E-state index contributed by atoms with van der Waals surface area (Å²) in [5.41, 5.74) is 0. The quantitative estimate of drug-likeness (QED) is 0.0239. The third-order valence-electron chi connectivity index (χ3n) is 17.0. The van der Waals surface area contributed by atoms with Crippen molar-refractivity contribution in [2.75, 3.05) is 129 Å². The number of hydrogen-bond donors (Lipinski definition) is 0. The molecule has 0 bridgehead atoms. The first-order valence-electron chi connectivity index (χ1n) is 35.9. The Labute approximate surface area is 558 Å². The highest BCUT2D eigenvalue weighted by molar-refractivity contribution is 5.76. The minimum absolute atomic E-state index is 0.0583. The minimum Gasteiger partial charge on any atom is -0.466 e. The van der Waals surface area contributed by atoms with E-state index in [0.717, 1.165) is 122 Å². The van der Waals surface area contributed by atoms with Crippen LogP contribution in [0, 0.1) is 0 Å². The molecule has 0 aromatic rings. The molecule has 0 aliphatic heterocycles. The monoisotopic (exact) mass is 1310 g/mol. The zero-order chi connectivity index (χ0) is 69.3. The normalized spacial score (nSPS) is 13.3. The second-order valence-corrected chi connectivity index (χ2v) is 28.9. The number of Topliss-reactive ketones (excluding diaryl/α,β-unsaturated/α-hetero) is 2. The molecule has 20 heteroatoms. The number of rotatable bonds is 61. The van der Waals surface area contributed by atoms with Gasteiger partial charge in [0, 0.05) is 46.0 Å². The second-order valence-electron chi connectivity index (χ2n) is 28.9. The highest BCUT2D eigenvalue weighted by Gasteiger charge is 2.35. The number of likely N-dealkylation sites (N-methyl/N-ethyl adjacent to an activating group) is 4. The first-order valence-corrected chi connectivity index (χ1v) is 35.9. The lowest BCUT2D eigenvalue weighted by molar-refractivity contribution is -0.883. The summed E-state index contributed by atoms with van der Waals surface area (Å²) < 4.78 is 42.3. The van der Waals surface area contributed by atoms with E-state index < -0.39 is 36.4 Å². The molecule has 0 N–H and O–H groups in total. The van der Waals surface area contributed by atoms with E-state index in [0.29, 0.717) is 99.5 Å². The molecule has 0 aromatic carbocycles. The van der Waals surface area contributed by atoms with Gasteiger partial charge < -0.3 is 60.7 Å². The van der Waals surface area contributed by atoms with Gasteiger partial charge in [-0.2, -0.15) is 0 Å². The van der Waals surface area contributed by atoms with Crippen molar-refractivity contribution in [2.24, 2.45) is 0 Å². The van der Waals surface area contributed by atoms with Crippen LogP contribution in [0.5, 0.6) is 0 Å². The molecule has 0 saturated carbocycles. The summed E-state index contributed by atoms with van der Waals surface area (Å²) in [6.07, 6.45) is 26.6. The third-order valence-corrected chi connectivity index (χ3v) is 17.0. The lowest BCUT2D eigenvalue weighted by atomic mass is 9.99. The number of ketones is 2. The molecule has 0 radical (unpaired) electrons. The average Bonchev–Trinajstić information content (AvgIpc) is 1.23. The Balaban J connectivity index is 5.67. The third kappa shape index (κ3) is 52.8. The summed E-state index contributed by atoms with van der Waals surface area (Å²) in [7, 11) is 15.4. The topological polar surface area (TPSA) is 218 Å². The lowest BCUT2D eigenvalue weighted by Gasteiger charge is -2.32. The zero-order valence-electron chi connectivity index (χ0n) is 61.0. The maximum atomic E-state index is 13.7. The molecule has 536 valence electrons. The second kappa shape index (κ2) is 51.8. The molecular weight excluding hydrogens is 1180 g/mol. The van der Waals surface area contributed by atoms with Gasteiger partial charge in [0.2, 0.25) is 0 Å². The molecule has 0 heterocycles. The van der Waals surface area contributed by atoms with Gasteiger partial charge in [0.05, 0.1) is 76.1 Å². The summed E-state index contributed by atoms with van der Waals surface area (Å²) >= 11 is 0. The summed E-state index contributed by atoms with van der Waals surface area (Å²) in [5, 5.41) is 0. The number of hydrogen-bond acceptors (Lipinski definition) is 16. The Kier molecular flexibility index (Phi) is 49.2. The summed E-state index contributed by atoms with van der Waals surface area (Å²) in [6.45, 7) is 13.4. The van der Waals surface area contributed by atoms with Crippen molar-refractivity contribution in [3.05, 3.63) is 0 Å².